The van der Waals surface area contributed by atoms with Crippen molar-refractivity contribution in [3.05, 3.63) is 39.3 Å². The monoisotopic (exact) mass is 371 g/mol. The van der Waals surface area contributed by atoms with Crippen molar-refractivity contribution in [2.24, 2.45) is 11.8 Å². The summed E-state index contributed by atoms with van der Waals surface area (Å²) >= 11 is 9.35. The van der Waals surface area contributed by atoms with Gasteiger partial charge in [0.05, 0.1) is 17.5 Å². The van der Waals surface area contributed by atoms with E-state index < -0.39 is 17.8 Å². The number of hydrogen-bond acceptors (Lipinski definition) is 2. The summed E-state index contributed by atoms with van der Waals surface area (Å²) in [5.41, 5.74) is 1.69. The number of benzene rings is 1. The predicted molar refractivity (Wildman–Crippen MR) is 85.3 cm³/mol. The molecule has 0 saturated carbocycles. The summed E-state index contributed by atoms with van der Waals surface area (Å²) in [5, 5.41) is 12.6. The largest absolute Gasteiger partial charge is 0.481 e. The second kappa shape index (κ2) is 6.62. The Balaban J connectivity index is 2.18. The first kappa shape index (κ1) is 16.0. The van der Waals surface area contributed by atoms with Crippen LogP contribution in [0.4, 0.5) is 5.69 Å². The van der Waals surface area contributed by atoms with Gasteiger partial charge in [0.15, 0.2) is 0 Å². The molecule has 0 aromatic heterocycles. The number of aliphatic carboxylic acids is 1. The fraction of sp³-hybridized carbons (Fsp3) is 0.333. The molecule has 21 heavy (non-hydrogen) atoms. The quantitative estimate of drug-likeness (QED) is 0.845. The molecule has 1 aliphatic rings. The molecule has 0 unspecified atom stereocenters. The van der Waals surface area contributed by atoms with E-state index in [-0.39, 0.29) is 18.7 Å². The summed E-state index contributed by atoms with van der Waals surface area (Å²) in [7, 11) is 0. The van der Waals surface area contributed by atoms with Crippen LogP contribution in [0, 0.1) is 18.8 Å². The van der Waals surface area contributed by atoms with Gasteiger partial charge in [-0.2, -0.15) is 0 Å². The molecule has 0 saturated heterocycles. The van der Waals surface area contributed by atoms with Crippen LogP contribution >= 0.6 is 27.5 Å². The fourth-order valence-corrected chi connectivity index (χ4v) is 3.20. The van der Waals surface area contributed by atoms with Crippen molar-refractivity contribution < 1.29 is 14.7 Å². The zero-order valence-electron chi connectivity index (χ0n) is 11.4. The Morgan fingerprint density at radius 3 is 2.71 bits per heavy atom. The topological polar surface area (TPSA) is 66.4 Å². The molecule has 2 atom stereocenters. The Morgan fingerprint density at radius 2 is 2.10 bits per heavy atom. The van der Waals surface area contributed by atoms with Gasteiger partial charge in [-0.25, -0.2) is 0 Å². The summed E-state index contributed by atoms with van der Waals surface area (Å²) < 4.78 is 0.764. The molecule has 0 radical (unpaired) electrons. The van der Waals surface area contributed by atoms with Gasteiger partial charge in [0.25, 0.3) is 0 Å². The molecule has 6 heteroatoms. The third-order valence-electron chi connectivity index (χ3n) is 3.53. The van der Waals surface area contributed by atoms with Crippen molar-refractivity contribution in [3.8, 4) is 0 Å². The van der Waals surface area contributed by atoms with Crippen LogP contribution in [-0.4, -0.2) is 17.0 Å². The van der Waals surface area contributed by atoms with E-state index in [2.05, 4.69) is 21.2 Å². The van der Waals surface area contributed by atoms with E-state index in [9.17, 15) is 14.7 Å². The molecule has 112 valence electrons. The molecule has 4 nitrogen and oxygen atoms in total. The fourth-order valence-electron chi connectivity index (χ4n) is 2.35. The van der Waals surface area contributed by atoms with Gasteiger partial charge >= 0.3 is 5.97 Å². The van der Waals surface area contributed by atoms with E-state index in [4.69, 9.17) is 11.6 Å². The number of hydrogen-bond donors (Lipinski definition) is 2. The van der Waals surface area contributed by atoms with Gasteiger partial charge in [-0.15, -0.1) is 0 Å². The van der Waals surface area contributed by atoms with Crippen LogP contribution in [0.15, 0.2) is 33.8 Å². The number of amides is 1. The number of halogens is 2. The molecule has 1 amide bonds. The maximum Gasteiger partial charge on any atom is 0.307 e. The SMILES string of the molecule is Cc1ccc(NC(=O)[C@H]2CC(Cl)=CC[C@@H]2C(=O)O)c(Br)c1. The number of aryl methyl sites for hydroxylation is 1. The van der Waals surface area contributed by atoms with Crippen LogP contribution in [0.2, 0.25) is 0 Å². The van der Waals surface area contributed by atoms with E-state index >= 15 is 0 Å². The van der Waals surface area contributed by atoms with Crippen molar-refractivity contribution >= 4 is 45.1 Å². The van der Waals surface area contributed by atoms with Crippen LogP contribution in [-0.2, 0) is 9.59 Å². The second-order valence-corrected chi connectivity index (χ2v) is 6.45. The third-order valence-corrected chi connectivity index (χ3v) is 4.50. The van der Waals surface area contributed by atoms with Crippen molar-refractivity contribution in [1.29, 1.82) is 0 Å². The Labute approximate surface area is 136 Å². The van der Waals surface area contributed by atoms with Gasteiger partial charge in [-0.1, -0.05) is 23.7 Å². The molecule has 0 bridgehead atoms. The predicted octanol–water partition coefficient (Wildman–Crippen LogP) is 3.93. The lowest BCUT2D eigenvalue weighted by atomic mass is 9.82. The van der Waals surface area contributed by atoms with Crippen molar-refractivity contribution in [3.63, 3.8) is 0 Å². The van der Waals surface area contributed by atoms with Crippen molar-refractivity contribution in [2.45, 2.75) is 19.8 Å². The minimum atomic E-state index is -0.974. The van der Waals surface area contributed by atoms with Gasteiger partial charge in [0.1, 0.15) is 0 Å². The number of carbonyl (C=O) groups is 2. The van der Waals surface area contributed by atoms with Crippen molar-refractivity contribution in [2.75, 3.05) is 5.32 Å². The standard InChI is InChI=1S/C15H15BrClNO3/c1-8-2-5-13(12(16)6-8)18-14(19)11-7-9(17)3-4-10(11)15(20)21/h2-3,5-6,10-11H,4,7H2,1H3,(H,18,19)(H,20,21)/t10-,11-/m0/s1. The summed E-state index contributed by atoms with van der Waals surface area (Å²) in [4.78, 5) is 23.7. The van der Waals surface area contributed by atoms with E-state index in [1.165, 1.54) is 0 Å². The molecule has 0 aliphatic heterocycles. The van der Waals surface area contributed by atoms with Crippen LogP contribution in [0.1, 0.15) is 18.4 Å². The van der Waals surface area contributed by atoms with Gasteiger partial charge in [-0.3, -0.25) is 9.59 Å². The Kier molecular flexibility index (Phi) is 5.06. The summed E-state index contributed by atoms with van der Waals surface area (Å²) in [6.45, 7) is 1.95. The summed E-state index contributed by atoms with van der Waals surface area (Å²) in [5.74, 6) is -2.69. The number of rotatable bonds is 3. The zero-order chi connectivity index (χ0) is 15.6. The Bertz CT molecular complexity index is 615. The molecule has 2 N–H and O–H groups in total. The first-order valence-corrected chi connectivity index (χ1v) is 7.70. The highest BCUT2D eigenvalue weighted by atomic mass is 79.9. The number of carboxylic acid groups (broad SMARTS) is 1. The van der Waals surface area contributed by atoms with E-state index in [0.717, 1.165) is 10.0 Å². The van der Waals surface area contributed by atoms with Crippen LogP contribution < -0.4 is 5.32 Å². The van der Waals surface area contributed by atoms with Crippen LogP contribution in [0.25, 0.3) is 0 Å². The molecule has 0 heterocycles. The summed E-state index contributed by atoms with van der Waals surface area (Å²) in [6.07, 6.45) is 2.21. The van der Waals surface area contributed by atoms with Gasteiger partial charge in [-0.05, 0) is 53.4 Å². The number of carboxylic acids is 1. The van der Waals surface area contributed by atoms with E-state index in [1.807, 2.05) is 19.1 Å². The van der Waals surface area contributed by atoms with E-state index in [1.54, 1.807) is 12.1 Å². The molecule has 2 rings (SSSR count). The maximum atomic E-state index is 12.4. The third kappa shape index (κ3) is 3.86. The number of carbonyl (C=O) groups excluding carboxylic acids is 1. The van der Waals surface area contributed by atoms with Gasteiger partial charge < -0.3 is 10.4 Å². The normalized spacial score (nSPS) is 21.6. The minimum Gasteiger partial charge on any atom is -0.481 e. The molecule has 1 aromatic carbocycles. The highest BCUT2D eigenvalue weighted by molar-refractivity contribution is 9.10. The zero-order valence-corrected chi connectivity index (χ0v) is 13.7. The molecule has 0 spiro atoms. The number of nitrogens with one attached hydrogen (secondary N) is 1. The minimum absolute atomic E-state index is 0.258. The lowest BCUT2D eigenvalue weighted by Gasteiger charge is -2.26. The Hall–Kier alpha value is -1.33. The van der Waals surface area contributed by atoms with Gasteiger partial charge in [0, 0.05) is 9.51 Å². The lowest BCUT2D eigenvalue weighted by molar-refractivity contribution is -0.146. The first-order valence-electron chi connectivity index (χ1n) is 6.53. The van der Waals surface area contributed by atoms with Crippen LogP contribution in [0.5, 0.6) is 0 Å². The molecular weight excluding hydrogens is 358 g/mol. The average Bonchev–Trinajstić information content (AvgIpc) is 2.41. The number of anilines is 1. The highest BCUT2D eigenvalue weighted by Crippen LogP contribution is 2.33. The summed E-state index contributed by atoms with van der Waals surface area (Å²) in [6, 6.07) is 5.55. The second-order valence-electron chi connectivity index (χ2n) is 5.11. The number of allylic oxidation sites excluding steroid dienone is 2. The van der Waals surface area contributed by atoms with Crippen molar-refractivity contribution in [1.82, 2.24) is 0 Å². The van der Waals surface area contributed by atoms with E-state index in [0.29, 0.717) is 10.7 Å². The van der Waals surface area contributed by atoms with Gasteiger partial charge in [0.2, 0.25) is 5.91 Å². The van der Waals surface area contributed by atoms with Crippen LogP contribution in [0.3, 0.4) is 0 Å². The average molecular weight is 373 g/mol. The highest BCUT2D eigenvalue weighted by Gasteiger charge is 2.36. The Morgan fingerprint density at radius 1 is 1.38 bits per heavy atom. The smallest absolute Gasteiger partial charge is 0.307 e. The molecular formula is C15H15BrClNO3. The molecule has 1 aromatic rings. The first-order chi connectivity index (χ1) is 9.88. The molecule has 1 aliphatic carbocycles. The maximum absolute atomic E-state index is 12.4. The lowest BCUT2D eigenvalue weighted by Crippen LogP contribution is -2.35. The molecule has 0 fully saturated rings.